The molecule has 26 heavy (non-hydrogen) atoms. The summed E-state index contributed by atoms with van der Waals surface area (Å²) in [7, 11) is 2.15. The Morgan fingerprint density at radius 3 is 2.19 bits per heavy atom. The maximum Gasteiger partial charge on any atom is 0.267 e. The average Bonchev–Trinajstić information content (AvgIpc) is 2.63. The van der Waals surface area contributed by atoms with E-state index in [-0.39, 0.29) is 5.91 Å². The number of hydrogen-bond donors (Lipinski definition) is 1. The molecular formula is C21H27N3O2. The van der Waals surface area contributed by atoms with E-state index in [0.717, 1.165) is 31.9 Å². The fraction of sp³-hybridized carbons (Fsp3) is 0.381. The molecule has 1 aliphatic heterocycles. The second-order valence-corrected chi connectivity index (χ2v) is 7.22. The zero-order valence-corrected chi connectivity index (χ0v) is 15.7. The summed E-state index contributed by atoms with van der Waals surface area (Å²) in [6, 6.07) is 17.4. The highest BCUT2D eigenvalue weighted by Crippen LogP contribution is 2.22. The Bertz CT molecular complexity index is 721. The van der Waals surface area contributed by atoms with Crippen molar-refractivity contribution in [2.75, 3.05) is 43.4 Å². The SMILES string of the molecule is CN1CCN(c2ccc(NC(=O)C(C)(C)Oc3ccccc3)cc2)CC1. The molecule has 1 aliphatic rings. The zero-order chi connectivity index (χ0) is 18.6. The van der Waals surface area contributed by atoms with E-state index in [1.807, 2.05) is 42.5 Å². The standard InChI is InChI=1S/C21H27N3O2/c1-21(2,26-19-7-5-4-6-8-19)20(25)22-17-9-11-18(12-10-17)24-15-13-23(3)14-16-24/h4-12H,13-16H2,1-3H3,(H,22,25). The Hall–Kier alpha value is -2.53. The van der Waals surface area contributed by atoms with Crippen LogP contribution in [0.4, 0.5) is 11.4 Å². The van der Waals surface area contributed by atoms with Crippen molar-refractivity contribution in [2.45, 2.75) is 19.4 Å². The molecule has 3 rings (SSSR count). The van der Waals surface area contributed by atoms with Gasteiger partial charge in [0.2, 0.25) is 0 Å². The van der Waals surface area contributed by atoms with E-state index in [2.05, 4.69) is 34.3 Å². The number of anilines is 2. The minimum atomic E-state index is -0.961. The second-order valence-electron chi connectivity index (χ2n) is 7.22. The van der Waals surface area contributed by atoms with E-state index in [9.17, 15) is 4.79 Å². The number of benzene rings is 2. The van der Waals surface area contributed by atoms with E-state index in [4.69, 9.17) is 4.74 Å². The fourth-order valence-corrected chi connectivity index (χ4v) is 2.93. The van der Waals surface area contributed by atoms with Gasteiger partial charge in [0.15, 0.2) is 5.60 Å². The summed E-state index contributed by atoms with van der Waals surface area (Å²) in [5, 5.41) is 2.95. The van der Waals surface area contributed by atoms with Gasteiger partial charge in [0.25, 0.3) is 5.91 Å². The van der Waals surface area contributed by atoms with Crippen LogP contribution in [0.15, 0.2) is 54.6 Å². The normalized spacial score (nSPS) is 15.6. The number of piperazine rings is 1. The van der Waals surface area contributed by atoms with Crippen molar-refractivity contribution in [2.24, 2.45) is 0 Å². The number of nitrogens with zero attached hydrogens (tertiary/aromatic N) is 2. The molecule has 0 radical (unpaired) electrons. The van der Waals surface area contributed by atoms with Crippen LogP contribution in [0.2, 0.25) is 0 Å². The Kier molecular flexibility index (Phi) is 5.47. The van der Waals surface area contributed by atoms with Crippen molar-refractivity contribution < 1.29 is 9.53 Å². The third-order valence-electron chi connectivity index (χ3n) is 4.66. The average molecular weight is 353 g/mol. The first-order valence-corrected chi connectivity index (χ1v) is 9.03. The summed E-state index contributed by atoms with van der Waals surface area (Å²) in [5.74, 6) is 0.506. The molecule has 138 valence electrons. The van der Waals surface area contributed by atoms with Gasteiger partial charge in [0, 0.05) is 37.6 Å². The number of carbonyl (C=O) groups is 1. The third kappa shape index (κ3) is 4.55. The van der Waals surface area contributed by atoms with Crippen LogP contribution in [0.5, 0.6) is 5.75 Å². The lowest BCUT2D eigenvalue weighted by Gasteiger charge is -2.34. The molecule has 0 atom stereocenters. The molecule has 0 spiro atoms. The summed E-state index contributed by atoms with van der Waals surface area (Å²) < 4.78 is 5.84. The fourth-order valence-electron chi connectivity index (χ4n) is 2.93. The van der Waals surface area contributed by atoms with Gasteiger partial charge in [0.05, 0.1) is 0 Å². The third-order valence-corrected chi connectivity index (χ3v) is 4.66. The van der Waals surface area contributed by atoms with Crippen LogP contribution in [-0.4, -0.2) is 49.6 Å². The number of carbonyl (C=O) groups excluding carboxylic acids is 1. The molecule has 1 fully saturated rings. The number of amides is 1. The van der Waals surface area contributed by atoms with Crippen molar-refractivity contribution in [3.8, 4) is 5.75 Å². The maximum atomic E-state index is 12.6. The lowest BCUT2D eigenvalue weighted by Crippen LogP contribution is -2.44. The van der Waals surface area contributed by atoms with Gasteiger partial charge in [0.1, 0.15) is 5.75 Å². The van der Waals surface area contributed by atoms with Gasteiger partial charge in [-0.1, -0.05) is 18.2 Å². The number of rotatable bonds is 5. The van der Waals surface area contributed by atoms with E-state index >= 15 is 0 Å². The monoisotopic (exact) mass is 353 g/mol. The van der Waals surface area contributed by atoms with Crippen molar-refractivity contribution in [1.29, 1.82) is 0 Å². The number of para-hydroxylation sites is 1. The smallest absolute Gasteiger partial charge is 0.267 e. The Balaban J connectivity index is 1.60. The Labute approximate surface area is 155 Å². The van der Waals surface area contributed by atoms with Crippen LogP contribution in [0.1, 0.15) is 13.8 Å². The first-order valence-electron chi connectivity index (χ1n) is 9.03. The molecule has 1 saturated heterocycles. The van der Waals surface area contributed by atoms with Gasteiger partial charge in [-0.05, 0) is 57.3 Å². The van der Waals surface area contributed by atoms with E-state index < -0.39 is 5.60 Å². The summed E-state index contributed by atoms with van der Waals surface area (Å²) >= 11 is 0. The highest BCUT2D eigenvalue weighted by Gasteiger charge is 2.30. The molecule has 0 bridgehead atoms. The predicted molar refractivity (Wildman–Crippen MR) is 106 cm³/mol. The maximum absolute atomic E-state index is 12.6. The molecule has 5 nitrogen and oxygen atoms in total. The summed E-state index contributed by atoms with van der Waals surface area (Å²) in [5.41, 5.74) is 1.01. The molecule has 0 aliphatic carbocycles. The van der Waals surface area contributed by atoms with E-state index in [1.165, 1.54) is 5.69 Å². The van der Waals surface area contributed by atoms with Crippen LogP contribution in [0, 0.1) is 0 Å². The van der Waals surface area contributed by atoms with Gasteiger partial charge < -0.3 is 19.9 Å². The lowest BCUT2D eigenvalue weighted by molar-refractivity contribution is -0.128. The quantitative estimate of drug-likeness (QED) is 0.896. The molecule has 1 amide bonds. The van der Waals surface area contributed by atoms with Crippen molar-refractivity contribution in [1.82, 2.24) is 4.90 Å². The van der Waals surface area contributed by atoms with Crippen LogP contribution in [-0.2, 0) is 4.79 Å². The van der Waals surface area contributed by atoms with Crippen molar-refractivity contribution in [3.05, 3.63) is 54.6 Å². The molecule has 1 heterocycles. The molecule has 0 unspecified atom stereocenters. The summed E-state index contributed by atoms with van der Waals surface area (Å²) in [6.45, 7) is 7.75. The molecular weight excluding hydrogens is 326 g/mol. The molecule has 0 aromatic heterocycles. The van der Waals surface area contributed by atoms with Gasteiger partial charge in [-0.2, -0.15) is 0 Å². The highest BCUT2D eigenvalue weighted by atomic mass is 16.5. The molecule has 2 aromatic rings. The van der Waals surface area contributed by atoms with Gasteiger partial charge >= 0.3 is 0 Å². The first kappa shape index (κ1) is 18.3. The van der Waals surface area contributed by atoms with Crippen molar-refractivity contribution in [3.63, 3.8) is 0 Å². The van der Waals surface area contributed by atoms with Gasteiger partial charge in [-0.25, -0.2) is 0 Å². The van der Waals surface area contributed by atoms with Crippen LogP contribution in [0.3, 0.4) is 0 Å². The second kappa shape index (κ2) is 7.79. The Morgan fingerprint density at radius 2 is 1.58 bits per heavy atom. The Morgan fingerprint density at radius 1 is 0.962 bits per heavy atom. The molecule has 0 saturated carbocycles. The number of ether oxygens (including phenoxy) is 1. The zero-order valence-electron chi connectivity index (χ0n) is 15.7. The number of likely N-dealkylation sites (N-methyl/N-ethyl adjacent to an activating group) is 1. The first-order chi connectivity index (χ1) is 12.4. The molecule has 5 heteroatoms. The largest absolute Gasteiger partial charge is 0.478 e. The van der Waals surface area contributed by atoms with Crippen LogP contribution < -0.4 is 15.0 Å². The number of hydrogen-bond acceptors (Lipinski definition) is 4. The molecule has 2 aromatic carbocycles. The summed E-state index contributed by atoms with van der Waals surface area (Å²) in [4.78, 5) is 17.3. The van der Waals surface area contributed by atoms with Crippen LogP contribution >= 0.6 is 0 Å². The predicted octanol–water partition coefficient (Wildman–Crippen LogP) is 3.23. The summed E-state index contributed by atoms with van der Waals surface area (Å²) in [6.07, 6.45) is 0. The van der Waals surface area contributed by atoms with Gasteiger partial charge in [-0.3, -0.25) is 4.79 Å². The van der Waals surface area contributed by atoms with Gasteiger partial charge in [-0.15, -0.1) is 0 Å². The minimum absolute atomic E-state index is 0.172. The van der Waals surface area contributed by atoms with E-state index in [0.29, 0.717) is 5.75 Å². The van der Waals surface area contributed by atoms with Crippen molar-refractivity contribution >= 4 is 17.3 Å². The molecule has 1 N–H and O–H groups in total. The topological polar surface area (TPSA) is 44.8 Å². The van der Waals surface area contributed by atoms with E-state index in [1.54, 1.807) is 13.8 Å². The lowest BCUT2D eigenvalue weighted by atomic mass is 10.1. The number of nitrogens with one attached hydrogen (secondary N) is 1. The highest BCUT2D eigenvalue weighted by molar-refractivity contribution is 5.97. The van der Waals surface area contributed by atoms with Crippen LogP contribution in [0.25, 0.3) is 0 Å². The minimum Gasteiger partial charge on any atom is -0.478 e.